The third-order valence-electron chi connectivity index (χ3n) is 4.86. The molecule has 0 saturated heterocycles. The van der Waals surface area contributed by atoms with Gasteiger partial charge in [0.2, 0.25) is 0 Å². The number of fused-ring (bicyclic) bond motifs is 3. The lowest BCUT2D eigenvalue weighted by atomic mass is 9.90. The summed E-state index contributed by atoms with van der Waals surface area (Å²) in [7, 11) is 0. The Bertz CT molecular complexity index is 837. The molecule has 122 valence electrons. The highest BCUT2D eigenvalue weighted by Crippen LogP contribution is 2.44. The molecule has 1 fully saturated rings. The number of aromatic amines is 1. The van der Waals surface area contributed by atoms with Crippen molar-refractivity contribution in [1.82, 2.24) is 14.5 Å². The molecular weight excluding hydrogens is 314 g/mol. The fourth-order valence-electron chi connectivity index (χ4n) is 3.75. The second kappa shape index (κ2) is 5.30. The summed E-state index contributed by atoms with van der Waals surface area (Å²) in [4.78, 5) is 33.6. The number of rotatable bonds is 2. The van der Waals surface area contributed by atoms with Crippen molar-refractivity contribution in [2.24, 2.45) is 4.99 Å². The molecule has 1 aromatic heterocycles. The van der Waals surface area contributed by atoms with Gasteiger partial charge in [-0.1, -0.05) is 24.6 Å². The van der Waals surface area contributed by atoms with Gasteiger partial charge in [0.25, 0.3) is 5.56 Å². The average molecular weight is 333 g/mol. The first kappa shape index (κ1) is 14.6. The van der Waals surface area contributed by atoms with Crippen molar-refractivity contribution in [2.45, 2.75) is 51.2 Å². The van der Waals surface area contributed by atoms with Crippen LogP contribution in [0.15, 0.2) is 20.0 Å². The van der Waals surface area contributed by atoms with E-state index in [0.29, 0.717) is 24.2 Å². The number of amidine groups is 1. The molecule has 0 bridgehead atoms. The van der Waals surface area contributed by atoms with Crippen LogP contribution in [-0.4, -0.2) is 31.7 Å². The highest BCUT2D eigenvalue weighted by atomic mass is 32.2. The molecule has 3 aliphatic rings. The molecule has 2 aliphatic heterocycles. The number of anilines is 1. The molecule has 0 unspecified atom stereocenters. The number of aliphatic imine (C=N–C) groups is 1. The third kappa shape index (κ3) is 2.08. The van der Waals surface area contributed by atoms with E-state index in [4.69, 9.17) is 10.7 Å². The number of aromatic nitrogens is 2. The normalized spacial score (nSPS) is 25.9. The summed E-state index contributed by atoms with van der Waals surface area (Å²) in [6.45, 7) is 2.25. The molecule has 8 heteroatoms. The number of hydrogen-bond donors (Lipinski definition) is 2. The van der Waals surface area contributed by atoms with E-state index in [2.05, 4.69) is 9.88 Å². The van der Waals surface area contributed by atoms with Crippen molar-refractivity contribution < 1.29 is 0 Å². The first-order valence-corrected chi connectivity index (χ1v) is 8.86. The van der Waals surface area contributed by atoms with Crippen LogP contribution in [0, 0.1) is 0 Å². The van der Waals surface area contributed by atoms with Crippen LogP contribution in [0.4, 0.5) is 5.82 Å². The Morgan fingerprint density at radius 3 is 2.96 bits per heavy atom. The van der Waals surface area contributed by atoms with Crippen LogP contribution in [0.25, 0.3) is 5.70 Å². The summed E-state index contributed by atoms with van der Waals surface area (Å²) in [6.07, 6.45) is 4.55. The SMILES string of the molecule is CCn1c(N)c(C2=CSC3=N[C@H]4CCCC[C@@H]4N23)c(=O)[nH]c1=O. The van der Waals surface area contributed by atoms with Gasteiger partial charge in [-0.25, -0.2) is 4.79 Å². The first-order chi connectivity index (χ1) is 11.1. The number of H-pyrrole nitrogens is 1. The molecule has 3 heterocycles. The van der Waals surface area contributed by atoms with Crippen LogP contribution >= 0.6 is 11.8 Å². The zero-order chi connectivity index (χ0) is 16.1. The lowest BCUT2D eigenvalue weighted by molar-refractivity contribution is 0.305. The summed E-state index contributed by atoms with van der Waals surface area (Å²) in [5, 5.41) is 2.87. The molecule has 23 heavy (non-hydrogen) atoms. The molecule has 7 nitrogen and oxygen atoms in total. The zero-order valence-corrected chi connectivity index (χ0v) is 13.7. The van der Waals surface area contributed by atoms with E-state index in [-0.39, 0.29) is 5.82 Å². The summed E-state index contributed by atoms with van der Waals surface area (Å²) in [5.74, 6) is 0.230. The molecule has 0 aromatic carbocycles. The lowest BCUT2D eigenvalue weighted by Crippen LogP contribution is -2.41. The van der Waals surface area contributed by atoms with E-state index in [9.17, 15) is 9.59 Å². The number of nitrogens with two attached hydrogens (primary N) is 1. The van der Waals surface area contributed by atoms with Crippen LogP contribution in [-0.2, 0) is 6.54 Å². The van der Waals surface area contributed by atoms with E-state index in [1.807, 2.05) is 12.3 Å². The Kier molecular flexibility index (Phi) is 3.37. The maximum atomic E-state index is 12.4. The van der Waals surface area contributed by atoms with Gasteiger partial charge in [0.15, 0.2) is 5.17 Å². The molecule has 0 radical (unpaired) electrons. The number of thioether (sulfide) groups is 1. The third-order valence-corrected chi connectivity index (χ3v) is 5.71. The fourth-order valence-corrected chi connectivity index (χ4v) is 4.74. The summed E-state index contributed by atoms with van der Waals surface area (Å²) in [6, 6.07) is 0.619. The molecule has 0 amide bonds. The Morgan fingerprint density at radius 2 is 2.17 bits per heavy atom. The van der Waals surface area contributed by atoms with E-state index in [1.165, 1.54) is 29.2 Å². The van der Waals surface area contributed by atoms with Crippen molar-refractivity contribution in [3.05, 3.63) is 31.8 Å². The monoisotopic (exact) mass is 333 g/mol. The van der Waals surface area contributed by atoms with Gasteiger partial charge in [-0.05, 0) is 19.8 Å². The average Bonchev–Trinajstić information content (AvgIpc) is 3.07. The second-order valence-corrected chi connectivity index (χ2v) is 6.92. The van der Waals surface area contributed by atoms with Crippen molar-refractivity contribution >= 4 is 28.4 Å². The van der Waals surface area contributed by atoms with Gasteiger partial charge in [-0.3, -0.25) is 19.3 Å². The molecule has 0 spiro atoms. The van der Waals surface area contributed by atoms with Crippen LogP contribution in [0.3, 0.4) is 0 Å². The largest absolute Gasteiger partial charge is 0.384 e. The Balaban J connectivity index is 1.82. The highest BCUT2D eigenvalue weighted by molar-refractivity contribution is 8.16. The number of nitrogens with one attached hydrogen (secondary N) is 1. The fraction of sp³-hybridized carbons (Fsp3) is 0.533. The van der Waals surface area contributed by atoms with Crippen LogP contribution in [0.2, 0.25) is 0 Å². The van der Waals surface area contributed by atoms with Gasteiger partial charge in [-0.15, -0.1) is 0 Å². The molecular formula is C15H19N5O2S. The minimum atomic E-state index is -0.462. The van der Waals surface area contributed by atoms with Crippen molar-refractivity contribution in [3.63, 3.8) is 0 Å². The zero-order valence-electron chi connectivity index (χ0n) is 12.9. The van der Waals surface area contributed by atoms with Gasteiger partial charge >= 0.3 is 5.69 Å². The van der Waals surface area contributed by atoms with Crippen molar-refractivity contribution in [3.8, 4) is 0 Å². The smallest absolute Gasteiger partial charge is 0.329 e. The second-order valence-electron chi connectivity index (χ2n) is 6.09. The van der Waals surface area contributed by atoms with Crippen molar-refractivity contribution in [2.75, 3.05) is 5.73 Å². The van der Waals surface area contributed by atoms with Crippen LogP contribution in [0.1, 0.15) is 38.2 Å². The van der Waals surface area contributed by atoms with E-state index in [0.717, 1.165) is 23.7 Å². The summed E-state index contributed by atoms with van der Waals surface area (Å²) >= 11 is 1.54. The van der Waals surface area contributed by atoms with E-state index < -0.39 is 11.2 Å². The maximum Gasteiger partial charge on any atom is 0.329 e. The molecule has 1 aliphatic carbocycles. The lowest BCUT2D eigenvalue weighted by Gasteiger charge is -2.32. The molecule has 2 atom stereocenters. The quantitative estimate of drug-likeness (QED) is 0.847. The Morgan fingerprint density at radius 1 is 1.39 bits per heavy atom. The van der Waals surface area contributed by atoms with Gasteiger partial charge < -0.3 is 10.6 Å². The maximum absolute atomic E-state index is 12.4. The highest BCUT2D eigenvalue weighted by Gasteiger charge is 2.43. The Labute approximate surface area is 137 Å². The number of hydrogen-bond acceptors (Lipinski definition) is 6. The van der Waals surface area contributed by atoms with E-state index >= 15 is 0 Å². The van der Waals surface area contributed by atoms with Gasteiger partial charge in [-0.2, -0.15) is 0 Å². The number of nitrogens with zero attached hydrogens (tertiary/aromatic N) is 3. The summed E-state index contributed by atoms with van der Waals surface area (Å²) < 4.78 is 1.39. The van der Waals surface area contributed by atoms with Crippen LogP contribution < -0.4 is 17.0 Å². The molecule has 4 rings (SSSR count). The first-order valence-electron chi connectivity index (χ1n) is 7.98. The standard InChI is InChI=1S/C15H19N5O2S/c1-2-19-12(16)11(13(21)18-14(19)22)10-7-23-15-17-8-5-3-4-6-9(8)20(10)15/h7-9H,2-6,16H2,1H3,(H,18,21,22)/t8-,9-/m0/s1. The minimum Gasteiger partial charge on any atom is -0.384 e. The van der Waals surface area contributed by atoms with Crippen molar-refractivity contribution in [1.29, 1.82) is 0 Å². The topological polar surface area (TPSA) is 96.5 Å². The molecule has 1 aromatic rings. The predicted octanol–water partition coefficient (Wildman–Crippen LogP) is 1.17. The minimum absolute atomic E-state index is 0.230. The van der Waals surface area contributed by atoms with Gasteiger partial charge in [0, 0.05) is 12.0 Å². The Hall–Kier alpha value is -1.96. The predicted molar refractivity (Wildman–Crippen MR) is 92.3 cm³/mol. The van der Waals surface area contributed by atoms with E-state index in [1.54, 1.807) is 0 Å². The van der Waals surface area contributed by atoms with Gasteiger partial charge in [0.1, 0.15) is 11.4 Å². The molecule has 3 N–H and O–H groups in total. The number of nitrogen functional groups attached to an aromatic ring is 1. The summed E-state index contributed by atoms with van der Waals surface area (Å²) in [5.41, 5.74) is 6.43. The van der Waals surface area contributed by atoms with Crippen LogP contribution in [0.5, 0.6) is 0 Å². The molecule has 1 saturated carbocycles. The van der Waals surface area contributed by atoms with Gasteiger partial charge in [0.05, 0.1) is 17.8 Å².